The fraction of sp³-hybridized carbons (Fsp3) is 0.278. The molecule has 1 N–H and O–H groups in total. The highest BCUT2D eigenvalue weighted by molar-refractivity contribution is 7.93. The van der Waals surface area contributed by atoms with Gasteiger partial charge in [-0.15, -0.1) is 0 Å². The molecule has 1 aliphatic rings. The van der Waals surface area contributed by atoms with Crippen molar-refractivity contribution in [2.75, 3.05) is 24.1 Å². The molecule has 9 heteroatoms. The number of para-hydroxylation sites is 2. The maximum atomic E-state index is 13.5. The Hall–Kier alpha value is -2.29. The van der Waals surface area contributed by atoms with Crippen LogP contribution in [0.3, 0.4) is 0 Å². The minimum Gasteiger partial charge on any atom is -0.489 e. The van der Waals surface area contributed by atoms with Gasteiger partial charge < -0.3 is 14.6 Å². The Morgan fingerprint density at radius 1 is 1.30 bits per heavy atom. The number of anilines is 1. The molecule has 0 bridgehead atoms. The first-order chi connectivity index (χ1) is 12.8. The van der Waals surface area contributed by atoms with E-state index in [9.17, 15) is 13.2 Å². The van der Waals surface area contributed by atoms with Crippen molar-refractivity contribution >= 4 is 33.3 Å². The van der Waals surface area contributed by atoms with Gasteiger partial charge in [0.15, 0.2) is 0 Å². The SMILES string of the molecule is Cc1cccc(Cl)c1S(=O)(=O)N1c2ccccc2OCC1COCC(=O)O. The van der Waals surface area contributed by atoms with Crippen molar-refractivity contribution in [1.29, 1.82) is 0 Å². The highest BCUT2D eigenvalue weighted by atomic mass is 35.5. The Bertz CT molecular complexity index is 942. The lowest BCUT2D eigenvalue weighted by molar-refractivity contribution is -0.142. The predicted molar refractivity (Wildman–Crippen MR) is 100 cm³/mol. The molecule has 144 valence electrons. The molecule has 0 radical (unpaired) electrons. The first kappa shape index (κ1) is 19.5. The molecule has 0 fully saturated rings. The number of rotatable bonds is 6. The largest absolute Gasteiger partial charge is 0.489 e. The molecule has 0 saturated carbocycles. The average Bonchev–Trinajstić information content (AvgIpc) is 2.60. The van der Waals surface area contributed by atoms with E-state index in [0.29, 0.717) is 17.0 Å². The summed E-state index contributed by atoms with van der Waals surface area (Å²) in [5, 5.41) is 8.89. The van der Waals surface area contributed by atoms with Crippen LogP contribution >= 0.6 is 11.6 Å². The number of benzene rings is 2. The van der Waals surface area contributed by atoms with E-state index < -0.39 is 28.6 Å². The van der Waals surface area contributed by atoms with E-state index in [0.717, 1.165) is 0 Å². The average molecular weight is 412 g/mol. The van der Waals surface area contributed by atoms with E-state index >= 15 is 0 Å². The van der Waals surface area contributed by atoms with Crippen LogP contribution in [0.2, 0.25) is 5.02 Å². The van der Waals surface area contributed by atoms with E-state index in [2.05, 4.69) is 0 Å². The summed E-state index contributed by atoms with van der Waals surface area (Å²) in [7, 11) is -4.04. The summed E-state index contributed by atoms with van der Waals surface area (Å²) in [6.07, 6.45) is 0. The second-order valence-corrected chi connectivity index (χ2v) is 8.19. The van der Waals surface area contributed by atoms with Gasteiger partial charge in [-0.3, -0.25) is 4.31 Å². The number of ether oxygens (including phenoxy) is 2. The number of carboxylic acids is 1. The Kier molecular flexibility index (Phi) is 5.59. The van der Waals surface area contributed by atoms with Crippen LogP contribution in [0, 0.1) is 6.92 Å². The summed E-state index contributed by atoms with van der Waals surface area (Å²) in [4.78, 5) is 10.7. The van der Waals surface area contributed by atoms with Crippen LogP contribution in [-0.4, -0.2) is 45.4 Å². The van der Waals surface area contributed by atoms with Crippen LogP contribution in [0.1, 0.15) is 5.56 Å². The Balaban J connectivity index is 2.07. The molecule has 27 heavy (non-hydrogen) atoms. The number of sulfonamides is 1. The van der Waals surface area contributed by atoms with Crippen molar-refractivity contribution in [3.63, 3.8) is 0 Å². The van der Waals surface area contributed by atoms with Gasteiger partial charge in [0, 0.05) is 0 Å². The Labute approximate surface area is 162 Å². The zero-order valence-electron chi connectivity index (χ0n) is 14.5. The fourth-order valence-electron chi connectivity index (χ4n) is 2.98. The molecule has 7 nitrogen and oxygen atoms in total. The van der Waals surface area contributed by atoms with Gasteiger partial charge in [-0.25, -0.2) is 13.2 Å². The molecule has 1 atom stereocenters. The maximum absolute atomic E-state index is 13.5. The molecule has 1 aliphatic heterocycles. The van der Waals surface area contributed by atoms with Gasteiger partial charge in [-0.2, -0.15) is 0 Å². The van der Waals surface area contributed by atoms with E-state index in [4.69, 9.17) is 26.2 Å². The van der Waals surface area contributed by atoms with E-state index in [1.807, 2.05) is 0 Å². The number of aryl methyl sites for hydroxylation is 1. The highest BCUT2D eigenvalue weighted by Gasteiger charge is 2.39. The van der Waals surface area contributed by atoms with Crippen molar-refractivity contribution < 1.29 is 27.8 Å². The maximum Gasteiger partial charge on any atom is 0.329 e. The second-order valence-electron chi connectivity index (χ2n) is 6.03. The number of halogens is 1. The summed E-state index contributed by atoms with van der Waals surface area (Å²) in [5.74, 6) is -0.719. The summed E-state index contributed by atoms with van der Waals surface area (Å²) >= 11 is 6.21. The monoisotopic (exact) mass is 411 g/mol. The number of carboxylic acid groups (broad SMARTS) is 1. The van der Waals surface area contributed by atoms with E-state index in [1.165, 1.54) is 10.4 Å². The minimum absolute atomic E-state index is 0.00612. The molecule has 0 amide bonds. The number of hydrogen-bond acceptors (Lipinski definition) is 5. The lowest BCUT2D eigenvalue weighted by Crippen LogP contribution is -2.49. The van der Waals surface area contributed by atoms with Gasteiger partial charge in [0.2, 0.25) is 0 Å². The van der Waals surface area contributed by atoms with Gasteiger partial charge in [0.25, 0.3) is 10.0 Å². The summed E-state index contributed by atoms with van der Waals surface area (Å²) in [6, 6.07) is 10.9. The predicted octanol–water partition coefficient (Wildman–Crippen LogP) is 2.71. The van der Waals surface area contributed by atoms with Crippen molar-refractivity contribution in [2.45, 2.75) is 17.9 Å². The third kappa shape index (κ3) is 3.87. The van der Waals surface area contributed by atoms with Crippen molar-refractivity contribution in [2.24, 2.45) is 0 Å². The van der Waals surface area contributed by atoms with Crippen molar-refractivity contribution in [1.82, 2.24) is 0 Å². The quantitative estimate of drug-likeness (QED) is 0.785. The topological polar surface area (TPSA) is 93.1 Å². The summed E-state index contributed by atoms with van der Waals surface area (Å²) in [6.45, 7) is 1.03. The first-order valence-corrected chi connectivity index (χ1v) is 9.95. The number of aliphatic carboxylic acids is 1. The molecule has 2 aromatic rings. The van der Waals surface area contributed by atoms with Crippen LogP contribution in [0.15, 0.2) is 47.4 Å². The molecule has 1 heterocycles. The van der Waals surface area contributed by atoms with Crippen LogP contribution in [0.25, 0.3) is 0 Å². The van der Waals surface area contributed by atoms with Gasteiger partial charge in [0.1, 0.15) is 29.9 Å². The molecule has 0 saturated heterocycles. The van der Waals surface area contributed by atoms with Crippen molar-refractivity contribution in [3.05, 3.63) is 53.1 Å². The summed E-state index contributed by atoms with van der Waals surface area (Å²) in [5.41, 5.74) is 0.865. The fourth-order valence-corrected chi connectivity index (χ4v) is 5.40. The summed E-state index contributed by atoms with van der Waals surface area (Å²) < 4.78 is 39.0. The van der Waals surface area contributed by atoms with Crippen LogP contribution in [0.5, 0.6) is 5.75 Å². The number of carbonyl (C=O) groups is 1. The molecular weight excluding hydrogens is 394 g/mol. The highest BCUT2D eigenvalue weighted by Crippen LogP contribution is 2.39. The molecule has 0 spiro atoms. The zero-order chi connectivity index (χ0) is 19.6. The molecule has 0 aliphatic carbocycles. The third-order valence-corrected chi connectivity index (χ3v) is 6.58. The van der Waals surface area contributed by atoms with E-state index in [-0.39, 0.29) is 23.1 Å². The van der Waals surface area contributed by atoms with E-state index in [1.54, 1.807) is 43.3 Å². The lowest BCUT2D eigenvalue weighted by Gasteiger charge is -2.37. The molecule has 0 aromatic heterocycles. The Morgan fingerprint density at radius 2 is 2.04 bits per heavy atom. The standard InChI is InChI=1S/C18H18ClNO6S/c1-12-5-4-6-14(19)18(12)27(23,24)20-13(9-25-11-17(21)22)10-26-16-8-3-2-7-15(16)20/h2-8,13H,9-11H2,1H3,(H,21,22). The molecular formula is C18H18ClNO6S. The van der Waals surface area contributed by atoms with Gasteiger partial charge >= 0.3 is 5.97 Å². The van der Waals surface area contributed by atoms with Crippen molar-refractivity contribution in [3.8, 4) is 5.75 Å². The molecule has 3 rings (SSSR count). The normalized spacial score (nSPS) is 16.5. The smallest absolute Gasteiger partial charge is 0.329 e. The molecule has 2 aromatic carbocycles. The second kappa shape index (κ2) is 7.75. The third-order valence-electron chi connectivity index (χ3n) is 4.08. The lowest BCUT2D eigenvalue weighted by atomic mass is 10.2. The van der Waals surface area contributed by atoms with Crippen LogP contribution in [-0.2, 0) is 19.6 Å². The minimum atomic E-state index is -4.04. The zero-order valence-corrected chi connectivity index (χ0v) is 16.0. The number of fused-ring (bicyclic) bond motifs is 1. The van der Waals surface area contributed by atoms with Crippen LogP contribution in [0.4, 0.5) is 5.69 Å². The van der Waals surface area contributed by atoms with Gasteiger partial charge in [-0.1, -0.05) is 35.9 Å². The molecule has 1 unspecified atom stereocenters. The number of nitrogens with zero attached hydrogens (tertiary/aromatic N) is 1. The Morgan fingerprint density at radius 3 is 2.74 bits per heavy atom. The number of hydrogen-bond donors (Lipinski definition) is 1. The van der Waals surface area contributed by atoms with Crippen LogP contribution < -0.4 is 9.04 Å². The first-order valence-electron chi connectivity index (χ1n) is 8.13. The van der Waals surface area contributed by atoms with Gasteiger partial charge in [-0.05, 0) is 30.7 Å². The van der Waals surface area contributed by atoms with Gasteiger partial charge in [0.05, 0.1) is 17.3 Å².